The van der Waals surface area contributed by atoms with Crippen molar-refractivity contribution in [3.63, 3.8) is 0 Å². The largest absolute Gasteiger partial charge is 0.227 e. The van der Waals surface area contributed by atoms with Crippen LogP contribution in [0.2, 0.25) is 0 Å². The van der Waals surface area contributed by atoms with Gasteiger partial charge in [0.25, 0.3) is 0 Å². The second-order valence-corrected chi connectivity index (χ2v) is 4.57. The van der Waals surface area contributed by atoms with Crippen molar-refractivity contribution in [1.29, 1.82) is 0 Å². The van der Waals surface area contributed by atoms with Crippen LogP contribution in [-0.2, 0) is 10.7 Å². The van der Waals surface area contributed by atoms with Gasteiger partial charge in [-0.25, -0.2) is 8.42 Å². The van der Waals surface area contributed by atoms with Crippen LogP contribution < -0.4 is 0 Å². The van der Waals surface area contributed by atoms with Crippen LogP contribution in [-0.4, -0.2) is 8.42 Å². The highest BCUT2D eigenvalue weighted by Crippen LogP contribution is 2.23. The third-order valence-electron chi connectivity index (χ3n) is 2.40. The maximum absolute atomic E-state index is 10.8. The SMILES string of the molecule is Cc1cc([SH](=O)=O)c[c]c1-c1ccccc1. The van der Waals surface area contributed by atoms with E-state index in [9.17, 15) is 8.42 Å². The first-order chi connectivity index (χ1) is 7.68. The van der Waals surface area contributed by atoms with Gasteiger partial charge in [0.1, 0.15) is 0 Å². The van der Waals surface area contributed by atoms with Crippen LogP contribution in [0.5, 0.6) is 0 Å². The van der Waals surface area contributed by atoms with Crippen LogP contribution in [0.25, 0.3) is 11.1 Å². The fourth-order valence-electron chi connectivity index (χ4n) is 1.62. The molecule has 16 heavy (non-hydrogen) atoms. The van der Waals surface area contributed by atoms with Crippen molar-refractivity contribution in [3.8, 4) is 11.1 Å². The Bertz CT molecular complexity index is 564. The van der Waals surface area contributed by atoms with Gasteiger partial charge < -0.3 is 0 Å². The average molecular weight is 231 g/mol. The van der Waals surface area contributed by atoms with Gasteiger partial charge in [0, 0.05) is 0 Å². The molecule has 81 valence electrons. The standard InChI is InChI=1S/C13H11O2S/c1-10-9-12(16(14)15)7-8-13(10)11-5-3-2-4-6-11/h2-7,9,16H,1H3. The lowest BCUT2D eigenvalue weighted by atomic mass is 10.0. The summed E-state index contributed by atoms with van der Waals surface area (Å²) in [6, 6.07) is 16.0. The molecule has 0 fully saturated rings. The molecule has 0 saturated heterocycles. The van der Waals surface area contributed by atoms with Crippen molar-refractivity contribution in [2.45, 2.75) is 11.8 Å². The Hall–Kier alpha value is -1.61. The highest BCUT2D eigenvalue weighted by atomic mass is 32.2. The molecule has 2 aromatic rings. The van der Waals surface area contributed by atoms with Gasteiger partial charge in [-0.1, -0.05) is 30.3 Å². The Balaban J connectivity index is 2.53. The predicted octanol–water partition coefficient (Wildman–Crippen LogP) is 2.43. The molecule has 0 bridgehead atoms. The molecular formula is C13H11O2S. The number of hydrogen-bond acceptors (Lipinski definition) is 2. The summed E-state index contributed by atoms with van der Waals surface area (Å²) in [6.07, 6.45) is 0. The number of aryl methyl sites for hydroxylation is 1. The summed E-state index contributed by atoms with van der Waals surface area (Å²) >= 11 is 0. The van der Waals surface area contributed by atoms with E-state index < -0.39 is 10.7 Å². The first-order valence-corrected chi connectivity index (χ1v) is 6.08. The van der Waals surface area contributed by atoms with Crippen molar-refractivity contribution in [2.24, 2.45) is 0 Å². The van der Waals surface area contributed by atoms with Crippen molar-refractivity contribution >= 4 is 10.7 Å². The first-order valence-electron chi connectivity index (χ1n) is 4.90. The molecule has 0 N–H and O–H groups in total. The Kier molecular flexibility index (Phi) is 3.06. The van der Waals surface area contributed by atoms with E-state index in [-0.39, 0.29) is 0 Å². The smallest absolute Gasteiger partial charge is 0.168 e. The molecule has 0 aliphatic heterocycles. The van der Waals surface area contributed by atoms with Gasteiger partial charge in [-0.2, -0.15) is 0 Å². The third-order valence-corrected chi connectivity index (χ3v) is 3.08. The van der Waals surface area contributed by atoms with E-state index in [2.05, 4.69) is 6.07 Å². The minimum absolute atomic E-state index is 0.312. The van der Waals surface area contributed by atoms with E-state index in [1.165, 1.54) is 6.07 Å². The van der Waals surface area contributed by atoms with Gasteiger partial charge in [-0.3, -0.25) is 0 Å². The lowest BCUT2D eigenvalue weighted by Crippen LogP contribution is -1.87. The Morgan fingerprint density at radius 1 is 1.12 bits per heavy atom. The maximum Gasteiger partial charge on any atom is 0.168 e. The maximum atomic E-state index is 10.8. The molecule has 2 nitrogen and oxygen atoms in total. The van der Waals surface area contributed by atoms with E-state index >= 15 is 0 Å². The molecular weight excluding hydrogens is 220 g/mol. The minimum atomic E-state index is -2.52. The summed E-state index contributed by atoms with van der Waals surface area (Å²) in [5, 5.41) is 0. The Morgan fingerprint density at radius 2 is 1.81 bits per heavy atom. The molecule has 0 aliphatic carbocycles. The highest BCUT2D eigenvalue weighted by Gasteiger charge is 2.03. The summed E-state index contributed by atoms with van der Waals surface area (Å²) in [7, 11) is -2.52. The average Bonchev–Trinajstić information content (AvgIpc) is 2.30. The molecule has 0 aromatic heterocycles. The van der Waals surface area contributed by atoms with E-state index in [1.807, 2.05) is 37.3 Å². The summed E-state index contributed by atoms with van der Waals surface area (Å²) < 4.78 is 21.6. The topological polar surface area (TPSA) is 34.1 Å². The summed E-state index contributed by atoms with van der Waals surface area (Å²) in [4.78, 5) is 0.312. The van der Waals surface area contributed by atoms with Crippen molar-refractivity contribution < 1.29 is 8.42 Å². The summed E-state index contributed by atoms with van der Waals surface area (Å²) in [5.74, 6) is 0. The molecule has 0 atom stereocenters. The van der Waals surface area contributed by atoms with Crippen molar-refractivity contribution in [1.82, 2.24) is 0 Å². The first kappa shape index (κ1) is 10.9. The van der Waals surface area contributed by atoms with E-state index in [0.29, 0.717) is 4.90 Å². The molecule has 2 rings (SSSR count). The van der Waals surface area contributed by atoms with Crippen LogP contribution >= 0.6 is 0 Å². The number of thiol groups is 1. The fraction of sp³-hybridized carbons (Fsp3) is 0.0769. The number of rotatable bonds is 2. The molecule has 1 radical (unpaired) electrons. The second-order valence-electron chi connectivity index (χ2n) is 3.54. The van der Waals surface area contributed by atoms with E-state index in [4.69, 9.17) is 0 Å². The van der Waals surface area contributed by atoms with Crippen molar-refractivity contribution in [3.05, 3.63) is 54.1 Å². The van der Waals surface area contributed by atoms with Crippen LogP contribution in [0, 0.1) is 13.0 Å². The van der Waals surface area contributed by atoms with Crippen LogP contribution in [0.4, 0.5) is 0 Å². The van der Waals surface area contributed by atoms with Gasteiger partial charge in [0.15, 0.2) is 10.7 Å². The van der Waals surface area contributed by atoms with E-state index in [0.717, 1.165) is 16.7 Å². The fourth-order valence-corrected chi connectivity index (χ4v) is 2.09. The highest BCUT2D eigenvalue weighted by molar-refractivity contribution is 7.72. The van der Waals surface area contributed by atoms with Gasteiger partial charge in [0.2, 0.25) is 0 Å². The molecule has 0 aliphatic rings. The zero-order chi connectivity index (χ0) is 11.5. The summed E-state index contributed by atoms with van der Waals surface area (Å²) in [5.41, 5.74) is 2.91. The number of benzene rings is 2. The normalized spacial score (nSPS) is 10.6. The Labute approximate surface area is 96.5 Å². The van der Waals surface area contributed by atoms with Gasteiger partial charge in [-0.15, -0.1) is 0 Å². The van der Waals surface area contributed by atoms with Crippen molar-refractivity contribution in [2.75, 3.05) is 0 Å². The summed E-state index contributed by atoms with van der Waals surface area (Å²) in [6.45, 7) is 1.89. The zero-order valence-electron chi connectivity index (χ0n) is 8.81. The Morgan fingerprint density at radius 3 is 2.38 bits per heavy atom. The van der Waals surface area contributed by atoms with Gasteiger partial charge >= 0.3 is 0 Å². The third kappa shape index (κ3) is 2.14. The van der Waals surface area contributed by atoms with E-state index in [1.54, 1.807) is 6.07 Å². The molecule has 0 saturated carbocycles. The molecule has 0 unspecified atom stereocenters. The van der Waals surface area contributed by atoms with Crippen LogP contribution in [0.15, 0.2) is 47.4 Å². The number of hydrogen-bond donors (Lipinski definition) is 1. The molecule has 0 amide bonds. The monoisotopic (exact) mass is 231 g/mol. The molecule has 2 aromatic carbocycles. The quantitative estimate of drug-likeness (QED) is 0.805. The molecule has 0 heterocycles. The second kappa shape index (κ2) is 4.49. The molecule has 3 heteroatoms. The lowest BCUT2D eigenvalue weighted by Gasteiger charge is -2.05. The lowest BCUT2D eigenvalue weighted by molar-refractivity contribution is 0.614. The molecule has 0 spiro atoms. The van der Waals surface area contributed by atoms with Gasteiger partial charge in [-0.05, 0) is 41.8 Å². The minimum Gasteiger partial charge on any atom is -0.227 e. The zero-order valence-corrected chi connectivity index (χ0v) is 9.70. The van der Waals surface area contributed by atoms with Crippen LogP contribution in [0.1, 0.15) is 5.56 Å². The van der Waals surface area contributed by atoms with Gasteiger partial charge in [0.05, 0.1) is 4.90 Å². The predicted molar refractivity (Wildman–Crippen MR) is 64.0 cm³/mol. The van der Waals surface area contributed by atoms with Crippen LogP contribution in [0.3, 0.4) is 0 Å².